The minimum Gasteiger partial charge on any atom is -0.482 e. The smallest absolute Gasteiger partial charge is 0.422 e. The lowest BCUT2D eigenvalue weighted by molar-refractivity contribution is -0.153. The lowest BCUT2D eigenvalue weighted by Gasteiger charge is -2.11. The molecule has 17 heavy (non-hydrogen) atoms. The predicted molar refractivity (Wildman–Crippen MR) is 61.0 cm³/mol. The molecule has 2 aromatic rings. The molecule has 2 rings (SSSR count). The van der Waals surface area contributed by atoms with Crippen molar-refractivity contribution in [3.05, 3.63) is 34.9 Å². The fraction of sp³-hybridized carbons (Fsp3) is 0.182. The fourth-order valence-electron chi connectivity index (χ4n) is 1.39. The molecule has 0 amide bonds. The third-order valence-corrected chi connectivity index (χ3v) is 2.76. The Labute approximate surface area is 104 Å². The highest BCUT2D eigenvalue weighted by Crippen LogP contribution is 2.29. The molecule has 90 valence electrons. The number of para-hydroxylation sites is 1. The number of halogens is 4. The van der Waals surface area contributed by atoms with E-state index in [0.29, 0.717) is 10.9 Å². The molecule has 0 radical (unpaired) electrons. The van der Waals surface area contributed by atoms with E-state index in [1.165, 1.54) is 12.3 Å². The molecule has 1 aromatic carbocycles. The largest absolute Gasteiger partial charge is 0.482 e. The zero-order chi connectivity index (χ0) is 12.5. The van der Waals surface area contributed by atoms with E-state index in [1.54, 1.807) is 18.2 Å². The molecule has 0 saturated carbocycles. The summed E-state index contributed by atoms with van der Waals surface area (Å²) in [7, 11) is 0. The number of ether oxygens (including phenoxy) is 1. The molecular formula is C11H7BrF3NO. The first kappa shape index (κ1) is 12.2. The van der Waals surface area contributed by atoms with E-state index in [2.05, 4.69) is 20.9 Å². The van der Waals surface area contributed by atoms with Gasteiger partial charge in [0, 0.05) is 16.1 Å². The van der Waals surface area contributed by atoms with Crippen molar-refractivity contribution < 1.29 is 17.9 Å². The third-order valence-electron chi connectivity index (χ3n) is 2.07. The number of aromatic nitrogens is 1. The van der Waals surface area contributed by atoms with Crippen molar-refractivity contribution in [2.45, 2.75) is 6.18 Å². The van der Waals surface area contributed by atoms with Crippen LogP contribution < -0.4 is 4.74 Å². The van der Waals surface area contributed by atoms with Gasteiger partial charge in [-0.2, -0.15) is 13.2 Å². The SMILES string of the molecule is FC(F)(F)COc1cccc2c(Br)ccnc12. The minimum absolute atomic E-state index is 0.126. The molecule has 0 saturated heterocycles. The van der Waals surface area contributed by atoms with E-state index in [0.717, 1.165) is 4.47 Å². The summed E-state index contributed by atoms with van der Waals surface area (Å²) in [6.45, 7) is -1.32. The number of hydrogen-bond acceptors (Lipinski definition) is 2. The molecule has 0 atom stereocenters. The molecule has 0 fully saturated rings. The molecule has 1 aromatic heterocycles. The maximum Gasteiger partial charge on any atom is 0.422 e. The van der Waals surface area contributed by atoms with Gasteiger partial charge in [0.1, 0.15) is 11.3 Å². The van der Waals surface area contributed by atoms with Crippen molar-refractivity contribution in [3.63, 3.8) is 0 Å². The summed E-state index contributed by atoms with van der Waals surface area (Å²) < 4.78 is 41.7. The molecule has 6 heteroatoms. The highest BCUT2D eigenvalue weighted by Gasteiger charge is 2.28. The molecule has 1 heterocycles. The standard InChI is InChI=1S/C11H7BrF3NO/c12-8-4-5-16-10-7(8)2-1-3-9(10)17-6-11(13,14)15/h1-5H,6H2. The zero-order valence-electron chi connectivity index (χ0n) is 8.46. The van der Waals surface area contributed by atoms with Gasteiger partial charge in [-0.15, -0.1) is 0 Å². The summed E-state index contributed by atoms with van der Waals surface area (Å²) in [6.07, 6.45) is -2.85. The van der Waals surface area contributed by atoms with Gasteiger partial charge in [0.05, 0.1) is 0 Å². The maximum atomic E-state index is 12.1. The number of rotatable bonds is 2. The second-order valence-corrected chi connectivity index (χ2v) is 4.20. The Hall–Kier alpha value is -1.30. The van der Waals surface area contributed by atoms with Crippen LogP contribution >= 0.6 is 15.9 Å². The topological polar surface area (TPSA) is 22.1 Å². The monoisotopic (exact) mass is 305 g/mol. The van der Waals surface area contributed by atoms with E-state index in [-0.39, 0.29) is 5.75 Å². The van der Waals surface area contributed by atoms with Crippen LogP contribution in [0.25, 0.3) is 10.9 Å². The molecule has 0 aliphatic carbocycles. The van der Waals surface area contributed by atoms with Crippen LogP contribution in [-0.4, -0.2) is 17.8 Å². The number of benzene rings is 1. The highest BCUT2D eigenvalue weighted by molar-refractivity contribution is 9.10. The normalized spacial score (nSPS) is 11.8. The van der Waals surface area contributed by atoms with Gasteiger partial charge in [-0.25, -0.2) is 0 Å². The summed E-state index contributed by atoms with van der Waals surface area (Å²) >= 11 is 3.30. The Balaban J connectivity index is 2.38. The van der Waals surface area contributed by atoms with Gasteiger partial charge in [0.2, 0.25) is 0 Å². The predicted octanol–water partition coefficient (Wildman–Crippen LogP) is 3.94. The first-order chi connectivity index (χ1) is 7.97. The van der Waals surface area contributed by atoms with E-state index >= 15 is 0 Å². The van der Waals surface area contributed by atoms with E-state index in [9.17, 15) is 13.2 Å². The summed E-state index contributed by atoms with van der Waals surface area (Å²) in [5, 5.41) is 0.715. The zero-order valence-corrected chi connectivity index (χ0v) is 10.0. The van der Waals surface area contributed by atoms with Crippen molar-refractivity contribution in [1.29, 1.82) is 0 Å². The maximum absolute atomic E-state index is 12.1. The summed E-state index contributed by atoms with van der Waals surface area (Å²) in [5.74, 6) is 0.126. The fourth-order valence-corrected chi connectivity index (χ4v) is 1.83. The number of hydrogen-bond donors (Lipinski definition) is 0. The lowest BCUT2D eigenvalue weighted by Crippen LogP contribution is -2.19. The second-order valence-electron chi connectivity index (χ2n) is 3.35. The molecule has 0 bridgehead atoms. The second kappa shape index (κ2) is 4.52. The number of nitrogens with zero attached hydrogens (tertiary/aromatic N) is 1. The van der Waals surface area contributed by atoms with Crippen LogP contribution in [0.2, 0.25) is 0 Å². The summed E-state index contributed by atoms with van der Waals surface area (Å²) in [6, 6.07) is 6.57. The molecular weight excluding hydrogens is 299 g/mol. The van der Waals surface area contributed by atoms with E-state index < -0.39 is 12.8 Å². The van der Waals surface area contributed by atoms with Gasteiger partial charge in [0.15, 0.2) is 6.61 Å². The van der Waals surface area contributed by atoms with Crippen LogP contribution in [0.3, 0.4) is 0 Å². The third kappa shape index (κ3) is 2.88. The first-order valence-corrected chi connectivity index (χ1v) is 5.49. The average Bonchev–Trinajstić information content (AvgIpc) is 2.26. The van der Waals surface area contributed by atoms with Crippen molar-refractivity contribution in [2.75, 3.05) is 6.61 Å². The van der Waals surface area contributed by atoms with Crippen molar-refractivity contribution in [3.8, 4) is 5.75 Å². The Kier molecular flexibility index (Phi) is 3.24. The van der Waals surface area contributed by atoms with E-state index in [4.69, 9.17) is 4.74 Å². The molecule has 2 nitrogen and oxygen atoms in total. The van der Waals surface area contributed by atoms with Crippen LogP contribution in [0.15, 0.2) is 34.9 Å². The Morgan fingerprint density at radius 1 is 1.24 bits per heavy atom. The molecule has 0 aliphatic rings. The summed E-state index contributed by atoms with van der Waals surface area (Å²) in [5.41, 5.74) is 0.408. The van der Waals surface area contributed by atoms with Crippen molar-refractivity contribution in [1.82, 2.24) is 4.98 Å². The van der Waals surface area contributed by atoms with Crippen molar-refractivity contribution >= 4 is 26.8 Å². The number of fused-ring (bicyclic) bond motifs is 1. The average molecular weight is 306 g/mol. The van der Waals surface area contributed by atoms with Gasteiger partial charge in [-0.3, -0.25) is 4.98 Å². The van der Waals surface area contributed by atoms with Gasteiger partial charge >= 0.3 is 6.18 Å². The minimum atomic E-state index is -4.35. The van der Waals surface area contributed by atoms with Crippen molar-refractivity contribution in [2.24, 2.45) is 0 Å². The van der Waals surface area contributed by atoms with Gasteiger partial charge in [0.25, 0.3) is 0 Å². The molecule has 0 N–H and O–H groups in total. The first-order valence-electron chi connectivity index (χ1n) is 4.70. The number of alkyl halides is 3. The highest BCUT2D eigenvalue weighted by atomic mass is 79.9. The van der Waals surface area contributed by atoms with Crippen LogP contribution in [-0.2, 0) is 0 Å². The quantitative estimate of drug-likeness (QED) is 0.838. The van der Waals surface area contributed by atoms with Gasteiger partial charge < -0.3 is 4.74 Å². The lowest BCUT2D eigenvalue weighted by atomic mass is 10.2. The molecule has 0 aliphatic heterocycles. The van der Waals surface area contributed by atoms with E-state index in [1.807, 2.05) is 0 Å². The van der Waals surface area contributed by atoms with Gasteiger partial charge in [-0.05, 0) is 12.1 Å². The Morgan fingerprint density at radius 3 is 2.71 bits per heavy atom. The van der Waals surface area contributed by atoms with Crippen LogP contribution in [0.4, 0.5) is 13.2 Å². The number of pyridine rings is 1. The molecule has 0 unspecified atom stereocenters. The Morgan fingerprint density at radius 2 is 2.00 bits per heavy atom. The Bertz CT molecular complexity index is 542. The molecule has 0 spiro atoms. The van der Waals surface area contributed by atoms with Crippen LogP contribution in [0, 0.1) is 0 Å². The van der Waals surface area contributed by atoms with Gasteiger partial charge in [-0.1, -0.05) is 28.1 Å². The van der Waals surface area contributed by atoms with Crippen LogP contribution in [0.1, 0.15) is 0 Å². The summed E-state index contributed by atoms with van der Waals surface area (Å²) in [4.78, 5) is 4.02. The van der Waals surface area contributed by atoms with Crippen LogP contribution in [0.5, 0.6) is 5.75 Å².